The highest BCUT2D eigenvalue weighted by Crippen LogP contribution is 2.48. The maximum Gasteiger partial charge on any atom is 0.159 e. The Morgan fingerprint density at radius 3 is 2.40 bits per heavy atom. The predicted molar refractivity (Wildman–Crippen MR) is 87.1 cm³/mol. The lowest BCUT2D eigenvalue weighted by Gasteiger charge is -2.18. The molecule has 20 heavy (non-hydrogen) atoms. The van der Waals surface area contributed by atoms with Gasteiger partial charge in [0.2, 0.25) is 0 Å². The minimum Gasteiger partial charge on any atom is -0.389 e. The second-order valence-electron chi connectivity index (χ2n) is 5.63. The summed E-state index contributed by atoms with van der Waals surface area (Å²) in [4.78, 5) is 0.412. The summed E-state index contributed by atoms with van der Waals surface area (Å²) in [7, 11) is 0. The van der Waals surface area contributed by atoms with E-state index in [-0.39, 0.29) is 0 Å². The Labute approximate surface area is 126 Å². The lowest BCUT2D eigenvalue weighted by Crippen LogP contribution is -2.22. The standard InChI is InChI=1S/C15H24N4S/c1-4-10-11(5-2)18-19-14(12(10)13(16)20)17-9-15(6-3)7-8-15/h4-9H2,1-3H3,(H2,16,20)(H,17,19). The van der Waals surface area contributed by atoms with E-state index in [4.69, 9.17) is 18.0 Å². The maximum atomic E-state index is 5.93. The molecule has 0 aliphatic heterocycles. The largest absolute Gasteiger partial charge is 0.389 e. The highest BCUT2D eigenvalue weighted by Gasteiger charge is 2.40. The molecule has 1 fully saturated rings. The molecule has 0 amide bonds. The van der Waals surface area contributed by atoms with Crippen LogP contribution in [-0.4, -0.2) is 21.7 Å². The van der Waals surface area contributed by atoms with Crippen LogP contribution in [0.1, 0.15) is 56.9 Å². The van der Waals surface area contributed by atoms with Gasteiger partial charge in [0.15, 0.2) is 5.82 Å². The monoisotopic (exact) mass is 292 g/mol. The first-order valence-electron chi connectivity index (χ1n) is 7.49. The molecule has 0 aromatic carbocycles. The molecule has 1 saturated carbocycles. The summed E-state index contributed by atoms with van der Waals surface area (Å²) >= 11 is 5.23. The van der Waals surface area contributed by atoms with Crippen LogP contribution in [0.15, 0.2) is 0 Å². The number of thiocarbonyl (C=S) groups is 1. The van der Waals surface area contributed by atoms with Crippen LogP contribution >= 0.6 is 12.2 Å². The van der Waals surface area contributed by atoms with Crippen molar-refractivity contribution < 1.29 is 0 Å². The third kappa shape index (κ3) is 2.92. The summed E-state index contributed by atoms with van der Waals surface area (Å²) < 4.78 is 0. The van der Waals surface area contributed by atoms with E-state index in [1.807, 2.05) is 0 Å². The maximum absolute atomic E-state index is 5.93. The van der Waals surface area contributed by atoms with E-state index >= 15 is 0 Å². The van der Waals surface area contributed by atoms with E-state index in [1.165, 1.54) is 19.3 Å². The van der Waals surface area contributed by atoms with Crippen LogP contribution in [0.4, 0.5) is 5.82 Å². The van der Waals surface area contributed by atoms with Crippen molar-refractivity contribution in [1.29, 1.82) is 0 Å². The molecule has 0 radical (unpaired) electrons. The summed E-state index contributed by atoms with van der Waals surface area (Å²) in [6, 6.07) is 0. The van der Waals surface area contributed by atoms with Crippen molar-refractivity contribution in [2.45, 2.75) is 52.9 Å². The van der Waals surface area contributed by atoms with Gasteiger partial charge in [0, 0.05) is 6.54 Å². The minimum absolute atomic E-state index is 0.412. The molecule has 1 aromatic heterocycles. The number of nitrogens with one attached hydrogen (secondary N) is 1. The summed E-state index contributed by atoms with van der Waals surface area (Å²) in [5, 5.41) is 12.1. The van der Waals surface area contributed by atoms with Crippen LogP contribution in [0.3, 0.4) is 0 Å². The fraction of sp³-hybridized carbons (Fsp3) is 0.667. The van der Waals surface area contributed by atoms with Crippen molar-refractivity contribution in [3.8, 4) is 0 Å². The second kappa shape index (κ2) is 6.04. The van der Waals surface area contributed by atoms with Gasteiger partial charge >= 0.3 is 0 Å². The van der Waals surface area contributed by atoms with E-state index in [2.05, 4.69) is 36.3 Å². The zero-order chi connectivity index (χ0) is 14.8. The first-order chi connectivity index (χ1) is 9.56. The van der Waals surface area contributed by atoms with Crippen molar-refractivity contribution in [1.82, 2.24) is 10.2 Å². The van der Waals surface area contributed by atoms with Crippen LogP contribution < -0.4 is 11.1 Å². The molecular weight excluding hydrogens is 268 g/mol. The molecule has 0 spiro atoms. The fourth-order valence-corrected chi connectivity index (χ4v) is 2.89. The van der Waals surface area contributed by atoms with Gasteiger partial charge in [-0.15, -0.1) is 5.10 Å². The van der Waals surface area contributed by atoms with Gasteiger partial charge in [0.25, 0.3) is 0 Å². The van der Waals surface area contributed by atoms with Gasteiger partial charge in [-0.3, -0.25) is 0 Å². The van der Waals surface area contributed by atoms with Gasteiger partial charge in [-0.1, -0.05) is 33.0 Å². The fourth-order valence-electron chi connectivity index (χ4n) is 2.67. The number of nitrogens with two attached hydrogens (primary N) is 1. The van der Waals surface area contributed by atoms with Crippen LogP contribution in [-0.2, 0) is 12.8 Å². The van der Waals surface area contributed by atoms with Gasteiger partial charge in [0.05, 0.1) is 11.3 Å². The molecule has 110 valence electrons. The second-order valence-corrected chi connectivity index (χ2v) is 6.07. The molecule has 1 aliphatic carbocycles. The van der Waals surface area contributed by atoms with Crippen molar-refractivity contribution in [2.75, 3.05) is 11.9 Å². The molecule has 0 unspecified atom stereocenters. The Morgan fingerprint density at radius 2 is 1.95 bits per heavy atom. The van der Waals surface area contributed by atoms with Crippen LogP contribution in [0.5, 0.6) is 0 Å². The number of rotatable bonds is 7. The first-order valence-corrected chi connectivity index (χ1v) is 7.89. The number of nitrogens with zero attached hydrogens (tertiary/aromatic N) is 2. The molecule has 0 atom stereocenters. The molecule has 2 rings (SSSR count). The summed E-state index contributed by atoms with van der Waals surface area (Å²) in [5.74, 6) is 0.756. The summed E-state index contributed by atoms with van der Waals surface area (Å²) in [5.41, 5.74) is 9.40. The Hall–Kier alpha value is -1.23. The smallest absolute Gasteiger partial charge is 0.159 e. The molecule has 0 saturated heterocycles. The highest BCUT2D eigenvalue weighted by molar-refractivity contribution is 7.80. The summed E-state index contributed by atoms with van der Waals surface area (Å²) in [6.45, 7) is 7.36. The molecule has 4 nitrogen and oxygen atoms in total. The van der Waals surface area contributed by atoms with Crippen molar-refractivity contribution in [3.63, 3.8) is 0 Å². The minimum atomic E-state index is 0.412. The zero-order valence-corrected chi connectivity index (χ0v) is 13.4. The van der Waals surface area contributed by atoms with Gasteiger partial charge in [-0.2, -0.15) is 5.10 Å². The quantitative estimate of drug-likeness (QED) is 0.757. The van der Waals surface area contributed by atoms with Crippen molar-refractivity contribution in [3.05, 3.63) is 16.8 Å². The van der Waals surface area contributed by atoms with Crippen LogP contribution in [0, 0.1) is 5.41 Å². The molecule has 5 heteroatoms. The van der Waals surface area contributed by atoms with E-state index in [1.54, 1.807) is 0 Å². The SMILES string of the molecule is CCc1nnc(NCC2(CC)CC2)c(C(N)=S)c1CC. The van der Waals surface area contributed by atoms with E-state index in [0.29, 0.717) is 10.4 Å². The average Bonchev–Trinajstić information content (AvgIpc) is 3.24. The third-order valence-electron chi connectivity index (χ3n) is 4.43. The lowest BCUT2D eigenvalue weighted by molar-refractivity contribution is 0.520. The average molecular weight is 292 g/mol. The zero-order valence-electron chi connectivity index (χ0n) is 12.6. The third-order valence-corrected chi connectivity index (χ3v) is 4.63. The van der Waals surface area contributed by atoms with Gasteiger partial charge in [-0.25, -0.2) is 0 Å². The van der Waals surface area contributed by atoms with E-state index in [0.717, 1.165) is 42.0 Å². The normalized spacial score (nSPS) is 15.9. The first kappa shape index (κ1) is 15.2. The number of hydrogen-bond acceptors (Lipinski definition) is 4. The number of aromatic nitrogens is 2. The Morgan fingerprint density at radius 1 is 1.25 bits per heavy atom. The number of aryl methyl sites for hydroxylation is 1. The molecule has 1 aliphatic rings. The molecular formula is C15H24N4S. The van der Waals surface area contributed by atoms with Crippen LogP contribution in [0.2, 0.25) is 0 Å². The van der Waals surface area contributed by atoms with Crippen LogP contribution in [0.25, 0.3) is 0 Å². The van der Waals surface area contributed by atoms with Gasteiger partial charge in [0.1, 0.15) is 4.99 Å². The molecule has 1 aromatic rings. The number of hydrogen-bond donors (Lipinski definition) is 2. The summed E-state index contributed by atoms with van der Waals surface area (Å²) in [6.07, 6.45) is 5.51. The predicted octanol–water partition coefficient (Wildman–Crippen LogP) is 2.84. The Balaban J connectivity index is 2.30. The van der Waals surface area contributed by atoms with E-state index in [9.17, 15) is 0 Å². The van der Waals surface area contributed by atoms with Gasteiger partial charge < -0.3 is 11.1 Å². The van der Waals surface area contributed by atoms with E-state index < -0.39 is 0 Å². The molecule has 1 heterocycles. The highest BCUT2D eigenvalue weighted by atomic mass is 32.1. The van der Waals surface area contributed by atoms with Gasteiger partial charge in [-0.05, 0) is 43.1 Å². The Kier molecular flexibility index (Phi) is 4.58. The van der Waals surface area contributed by atoms with Crippen molar-refractivity contribution in [2.24, 2.45) is 11.1 Å². The molecule has 0 bridgehead atoms. The topological polar surface area (TPSA) is 63.8 Å². The molecule has 3 N–H and O–H groups in total. The Bertz CT molecular complexity index is 509. The lowest BCUT2D eigenvalue weighted by atomic mass is 10.0. The van der Waals surface area contributed by atoms with Crippen molar-refractivity contribution >= 4 is 23.0 Å². The number of anilines is 1.